The first-order chi connectivity index (χ1) is 14.8. The van der Waals surface area contributed by atoms with Crippen LogP contribution in [0.5, 0.6) is 0 Å². The van der Waals surface area contributed by atoms with Gasteiger partial charge in [0.05, 0.1) is 10.6 Å². The first-order valence-corrected chi connectivity index (χ1v) is 12.3. The number of nitrogens with zero attached hydrogens (tertiary/aromatic N) is 3. The number of aryl methyl sites for hydroxylation is 1. The molecule has 7 nitrogen and oxygen atoms in total. The number of benzene rings is 2. The van der Waals surface area contributed by atoms with Gasteiger partial charge in [-0.1, -0.05) is 29.8 Å². The van der Waals surface area contributed by atoms with Crippen LogP contribution in [0.25, 0.3) is 11.3 Å². The van der Waals surface area contributed by atoms with Gasteiger partial charge in [-0.25, -0.2) is 13.4 Å². The maximum atomic E-state index is 12.8. The topological polar surface area (TPSA) is 82.6 Å². The molecular weight excluding hydrogens is 432 g/mol. The Bertz CT molecular complexity index is 1160. The number of rotatable bonds is 5. The van der Waals surface area contributed by atoms with Crippen molar-refractivity contribution in [2.45, 2.75) is 11.8 Å². The minimum absolute atomic E-state index is 0.199. The molecule has 0 aliphatic carbocycles. The fourth-order valence-electron chi connectivity index (χ4n) is 3.31. The number of amides is 1. The normalized spacial score (nSPS) is 15.7. The van der Waals surface area contributed by atoms with Gasteiger partial charge in [0.15, 0.2) is 5.13 Å². The highest BCUT2D eigenvalue weighted by Gasteiger charge is 2.27. The van der Waals surface area contributed by atoms with Crippen molar-refractivity contribution in [3.05, 3.63) is 65.0 Å². The summed E-state index contributed by atoms with van der Waals surface area (Å²) in [4.78, 5) is 19.4. The standard InChI is InChI=1S/C22H24N4O3S2/c1-16-3-5-17(6-4-16)20-15-30-22(23-20)24-21(27)18-7-9-19(10-8-18)31(28,29)26-13-11-25(2)12-14-26/h3-10,15H,11-14H2,1-2H3,(H,23,24,27). The lowest BCUT2D eigenvalue weighted by atomic mass is 10.1. The molecule has 0 atom stereocenters. The molecule has 1 fully saturated rings. The second kappa shape index (κ2) is 8.88. The number of aromatic nitrogens is 1. The van der Waals surface area contributed by atoms with Gasteiger partial charge in [-0.3, -0.25) is 10.1 Å². The molecule has 0 unspecified atom stereocenters. The van der Waals surface area contributed by atoms with Crippen LogP contribution in [0.3, 0.4) is 0 Å². The van der Waals surface area contributed by atoms with Crippen molar-refractivity contribution < 1.29 is 13.2 Å². The summed E-state index contributed by atoms with van der Waals surface area (Å²) in [5, 5.41) is 5.18. The maximum Gasteiger partial charge on any atom is 0.257 e. The Morgan fingerprint density at radius 1 is 1.00 bits per heavy atom. The summed E-state index contributed by atoms with van der Waals surface area (Å²) in [6.07, 6.45) is 0. The molecule has 1 amide bonds. The van der Waals surface area contributed by atoms with Crippen molar-refractivity contribution in [3.8, 4) is 11.3 Å². The SMILES string of the molecule is Cc1ccc(-c2csc(NC(=O)c3ccc(S(=O)(=O)N4CCN(C)CC4)cc3)n2)cc1. The third kappa shape index (κ3) is 4.85. The molecule has 3 aromatic rings. The van der Waals surface area contributed by atoms with Crippen LogP contribution >= 0.6 is 11.3 Å². The molecule has 2 heterocycles. The smallest absolute Gasteiger partial charge is 0.257 e. The largest absolute Gasteiger partial charge is 0.304 e. The number of hydrogen-bond acceptors (Lipinski definition) is 6. The van der Waals surface area contributed by atoms with E-state index in [2.05, 4.69) is 15.2 Å². The molecule has 9 heteroatoms. The summed E-state index contributed by atoms with van der Waals surface area (Å²) in [6, 6.07) is 14.1. The molecule has 1 aliphatic heterocycles. The predicted octanol–water partition coefficient (Wildman–Crippen LogP) is 3.31. The quantitative estimate of drug-likeness (QED) is 0.637. The third-order valence-electron chi connectivity index (χ3n) is 5.29. The number of likely N-dealkylation sites (N-methyl/N-ethyl adjacent to an activating group) is 1. The van der Waals surface area contributed by atoms with Gasteiger partial charge in [0, 0.05) is 42.7 Å². The molecule has 31 heavy (non-hydrogen) atoms. The van der Waals surface area contributed by atoms with Crippen LogP contribution in [0.1, 0.15) is 15.9 Å². The number of carbonyl (C=O) groups is 1. The average molecular weight is 457 g/mol. The zero-order chi connectivity index (χ0) is 22.0. The van der Waals surface area contributed by atoms with Crippen molar-refractivity contribution >= 4 is 32.4 Å². The predicted molar refractivity (Wildman–Crippen MR) is 123 cm³/mol. The van der Waals surface area contributed by atoms with Crippen molar-refractivity contribution in [1.29, 1.82) is 0 Å². The monoisotopic (exact) mass is 456 g/mol. The number of nitrogens with one attached hydrogen (secondary N) is 1. The summed E-state index contributed by atoms with van der Waals surface area (Å²) in [5.74, 6) is -0.326. The molecular formula is C22H24N4O3S2. The van der Waals surface area contributed by atoms with E-state index in [1.54, 1.807) is 0 Å². The molecule has 1 N–H and O–H groups in total. The van der Waals surface area contributed by atoms with E-state index in [-0.39, 0.29) is 10.8 Å². The number of carbonyl (C=O) groups excluding carboxylic acids is 1. The minimum Gasteiger partial charge on any atom is -0.304 e. The third-order valence-corrected chi connectivity index (χ3v) is 7.96. The summed E-state index contributed by atoms with van der Waals surface area (Å²) >= 11 is 1.35. The highest BCUT2D eigenvalue weighted by atomic mass is 32.2. The van der Waals surface area contributed by atoms with Gasteiger partial charge in [0.25, 0.3) is 5.91 Å². The molecule has 1 aromatic heterocycles. The van der Waals surface area contributed by atoms with E-state index in [4.69, 9.17) is 0 Å². The fourth-order valence-corrected chi connectivity index (χ4v) is 5.45. The molecule has 0 bridgehead atoms. The lowest BCUT2D eigenvalue weighted by Gasteiger charge is -2.31. The van der Waals surface area contributed by atoms with Gasteiger partial charge in [0.1, 0.15) is 0 Å². The van der Waals surface area contributed by atoms with Crippen LogP contribution in [-0.4, -0.2) is 61.7 Å². The second-order valence-corrected chi connectivity index (χ2v) is 10.4. The number of sulfonamides is 1. The van der Waals surface area contributed by atoms with Crippen LogP contribution in [0.15, 0.2) is 58.8 Å². The van der Waals surface area contributed by atoms with E-state index in [9.17, 15) is 13.2 Å². The Labute approximate surface area is 186 Å². The second-order valence-electron chi connectivity index (χ2n) is 7.59. The van der Waals surface area contributed by atoms with E-state index in [0.29, 0.717) is 36.9 Å². The molecule has 0 radical (unpaired) electrons. The Morgan fingerprint density at radius 2 is 1.65 bits per heavy atom. The van der Waals surface area contributed by atoms with Gasteiger partial charge in [-0.05, 0) is 38.2 Å². The molecule has 4 rings (SSSR count). The Morgan fingerprint density at radius 3 is 2.29 bits per heavy atom. The van der Waals surface area contributed by atoms with E-state index >= 15 is 0 Å². The van der Waals surface area contributed by atoms with E-state index in [1.165, 1.54) is 45.5 Å². The van der Waals surface area contributed by atoms with Gasteiger partial charge in [0.2, 0.25) is 10.0 Å². The van der Waals surface area contributed by atoms with Gasteiger partial charge in [-0.15, -0.1) is 11.3 Å². The Hall–Kier alpha value is -2.59. The number of piperazine rings is 1. The number of thiazole rings is 1. The minimum atomic E-state index is -3.55. The van der Waals surface area contributed by atoms with Crippen molar-refractivity contribution in [3.63, 3.8) is 0 Å². The number of hydrogen-bond donors (Lipinski definition) is 1. The van der Waals surface area contributed by atoms with E-state index in [0.717, 1.165) is 11.3 Å². The summed E-state index contributed by atoms with van der Waals surface area (Å²) in [7, 11) is -1.58. The Balaban J connectivity index is 1.43. The molecule has 1 aliphatic rings. The van der Waals surface area contributed by atoms with E-state index < -0.39 is 10.0 Å². The average Bonchev–Trinajstić information content (AvgIpc) is 3.23. The van der Waals surface area contributed by atoms with Crippen LogP contribution in [0.4, 0.5) is 5.13 Å². The van der Waals surface area contributed by atoms with Crippen molar-refractivity contribution in [1.82, 2.24) is 14.2 Å². The van der Waals surface area contributed by atoms with Crippen LogP contribution in [0, 0.1) is 6.92 Å². The lowest BCUT2D eigenvalue weighted by molar-refractivity contribution is 0.102. The van der Waals surface area contributed by atoms with Crippen molar-refractivity contribution in [2.75, 3.05) is 38.5 Å². The van der Waals surface area contributed by atoms with Gasteiger partial charge >= 0.3 is 0 Å². The molecule has 0 saturated carbocycles. The highest BCUT2D eigenvalue weighted by molar-refractivity contribution is 7.89. The fraction of sp³-hybridized carbons (Fsp3) is 0.273. The zero-order valence-corrected chi connectivity index (χ0v) is 19.0. The first kappa shape index (κ1) is 21.6. The first-order valence-electron chi connectivity index (χ1n) is 9.95. The van der Waals surface area contributed by atoms with Crippen molar-refractivity contribution in [2.24, 2.45) is 0 Å². The zero-order valence-electron chi connectivity index (χ0n) is 17.4. The highest BCUT2D eigenvalue weighted by Crippen LogP contribution is 2.26. The summed E-state index contributed by atoms with van der Waals surface area (Å²) in [5.41, 5.74) is 3.34. The van der Waals surface area contributed by atoms with Crippen LogP contribution < -0.4 is 5.32 Å². The summed E-state index contributed by atoms with van der Waals surface area (Å²) in [6.45, 7) is 4.37. The number of anilines is 1. The van der Waals surface area contributed by atoms with Gasteiger partial charge < -0.3 is 4.90 Å². The van der Waals surface area contributed by atoms with Crippen LogP contribution in [0.2, 0.25) is 0 Å². The summed E-state index contributed by atoms with van der Waals surface area (Å²) < 4.78 is 27.1. The molecule has 1 saturated heterocycles. The van der Waals surface area contributed by atoms with Gasteiger partial charge in [-0.2, -0.15) is 4.31 Å². The molecule has 2 aromatic carbocycles. The Kier molecular flexibility index (Phi) is 6.19. The maximum absolute atomic E-state index is 12.8. The molecule has 162 valence electrons. The lowest BCUT2D eigenvalue weighted by Crippen LogP contribution is -2.47. The van der Waals surface area contributed by atoms with E-state index in [1.807, 2.05) is 43.6 Å². The molecule has 0 spiro atoms. The van der Waals surface area contributed by atoms with Crippen LogP contribution in [-0.2, 0) is 10.0 Å².